The Balaban J connectivity index is 1.43. The number of carbonyl (C=O) groups is 1. The molecule has 1 N–H and O–H groups in total. The van der Waals surface area contributed by atoms with E-state index in [1.807, 2.05) is 74.8 Å². The summed E-state index contributed by atoms with van der Waals surface area (Å²) in [6.45, 7) is 8.60. The number of anilines is 1. The lowest BCUT2D eigenvalue weighted by atomic mass is 10.1. The Morgan fingerprint density at radius 3 is 2.70 bits per heavy atom. The first-order valence-corrected chi connectivity index (χ1v) is 11.1. The Hall–Kier alpha value is -3.51. The van der Waals surface area contributed by atoms with Gasteiger partial charge < -0.3 is 14.5 Å². The highest BCUT2D eigenvalue weighted by molar-refractivity contribution is 6.30. The summed E-state index contributed by atoms with van der Waals surface area (Å²) in [6, 6.07) is 17.1. The zero-order chi connectivity index (χ0) is 23.5. The molecule has 6 nitrogen and oxygen atoms in total. The first-order valence-electron chi connectivity index (χ1n) is 10.7. The number of furan rings is 1. The van der Waals surface area contributed by atoms with Crippen molar-refractivity contribution in [3.8, 4) is 5.75 Å². The topological polar surface area (TPSA) is 69.3 Å². The summed E-state index contributed by atoms with van der Waals surface area (Å²) in [5.74, 6) is 1.26. The van der Waals surface area contributed by atoms with Gasteiger partial charge in [0.2, 0.25) is 0 Å². The number of rotatable bonds is 7. The van der Waals surface area contributed by atoms with Crippen LogP contribution in [0.15, 0.2) is 59.0 Å². The molecule has 0 aliphatic rings. The number of halogens is 1. The summed E-state index contributed by atoms with van der Waals surface area (Å²) in [6.07, 6.45) is 0. The second-order valence-electron chi connectivity index (χ2n) is 8.11. The van der Waals surface area contributed by atoms with E-state index in [4.69, 9.17) is 20.8 Å². The van der Waals surface area contributed by atoms with E-state index in [0.29, 0.717) is 23.0 Å². The SMILES string of the molecule is Cc1ccc(C)c(OCc2ccc(C(=O)Nc3c(C)nn(Cc4cccc(Cl)c4)c3C)o2)c1. The standard InChI is InChI=1S/C26H26ClN3O3/c1-16-8-9-17(2)24(12-16)32-15-22-10-11-23(33-22)26(31)28-25-18(3)29-30(19(25)4)14-20-6-5-7-21(27)13-20/h5-13H,14-15H2,1-4H3,(H,28,31). The third kappa shape index (κ3) is 5.29. The van der Waals surface area contributed by atoms with Crippen molar-refractivity contribution in [2.45, 2.75) is 40.8 Å². The van der Waals surface area contributed by atoms with E-state index in [1.54, 1.807) is 12.1 Å². The Kier molecular flexibility index (Phi) is 6.56. The molecule has 0 spiro atoms. The summed E-state index contributed by atoms with van der Waals surface area (Å²) >= 11 is 6.09. The molecule has 2 aromatic carbocycles. The first kappa shape index (κ1) is 22.7. The molecule has 0 saturated carbocycles. The second-order valence-corrected chi connectivity index (χ2v) is 8.55. The minimum absolute atomic E-state index is 0.218. The van der Waals surface area contributed by atoms with Gasteiger partial charge in [0.05, 0.1) is 23.6 Å². The van der Waals surface area contributed by atoms with Crippen LogP contribution in [-0.2, 0) is 13.2 Å². The van der Waals surface area contributed by atoms with E-state index in [2.05, 4.69) is 10.4 Å². The van der Waals surface area contributed by atoms with Gasteiger partial charge >= 0.3 is 0 Å². The summed E-state index contributed by atoms with van der Waals surface area (Å²) in [7, 11) is 0. The van der Waals surface area contributed by atoms with Gasteiger partial charge in [0, 0.05) is 5.02 Å². The molecular formula is C26H26ClN3O3. The van der Waals surface area contributed by atoms with Crippen LogP contribution in [0.25, 0.3) is 0 Å². The van der Waals surface area contributed by atoms with Crippen LogP contribution in [-0.4, -0.2) is 15.7 Å². The van der Waals surface area contributed by atoms with Gasteiger partial charge in [-0.25, -0.2) is 0 Å². The molecule has 4 rings (SSSR count). The molecule has 0 radical (unpaired) electrons. The van der Waals surface area contributed by atoms with Crippen LogP contribution in [0.2, 0.25) is 5.02 Å². The quantitative estimate of drug-likeness (QED) is 0.352. The number of carbonyl (C=O) groups excluding carboxylic acids is 1. The van der Waals surface area contributed by atoms with E-state index in [-0.39, 0.29) is 18.3 Å². The summed E-state index contributed by atoms with van der Waals surface area (Å²) in [5, 5.41) is 8.19. The Labute approximate surface area is 198 Å². The molecule has 0 bridgehead atoms. The van der Waals surface area contributed by atoms with Crippen LogP contribution in [0.3, 0.4) is 0 Å². The van der Waals surface area contributed by atoms with Gasteiger partial charge in [0.25, 0.3) is 5.91 Å². The predicted octanol–water partition coefficient (Wildman–Crippen LogP) is 6.24. The van der Waals surface area contributed by atoms with Crippen molar-refractivity contribution < 1.29 is 13.9 Å². The lowest BCUT2D eigenvalue weighted by molar-refractivity contribution is 0.0992. The molecule has 0 unspecified atom stereocenters. The largest absolute Gasteiger partial charge is 0.485 e. The van der Waals surface area contributed by atoms with E-state index in [9.17, 15) is 4.79 Å². The van der Waals surface area contributed by atoms with Gasteiger partial charge in [0.15, 0.2) is 5.76 Å². The summed E-state index contributed by atoms with van der Waals surface area (Å²) < 4.78 is 13.4. The maximum Gasteiger partial charge on any atom is 0.291 e. The molecule has 0 aliphatic carbocycles. The van der Waals surface area contributed by atoms with Gasteiger partial charge in [-0.1, -0.05) is 35.9 Å². The number of hydrogen-bond acceptors (Lipinski definition) is 4. The molecule has 0 fully saturated rings. The van der Waals surface area contributed by atoms with Crippen molar-refractivity contribution in [3.63, 3.8) is 0 Å². The molecule has 4 aromatic rings. The van der Waals surface area contributed by atoms with E-state index >= 15 is 0 Å². The van der Waals surface area contributed by atoms with Crippen LogP contribution < -0.4 is 10.1 Å². The fourth-order valence-electron chi connectivity index (χ4n) is 3.60. The smallest absolute Gasteiger partial charge is 0.291 e. The Bertz CT molecular complexity index is 1310. The molecule has 0 saturated heterocycles. The van der Waals surface area contributed by atoms with Crippen LogP contribution in [0.1, 0.15) is 44.4 Å². The van der Waals surface area contributed by atoms with E-state index in [1.165, 1.54) is 0 Å². The minimum atomic E-state index is -0.332. The molecule has 33 heavy (non-hydrogen) atoms. The average Bonchev–Trinajstić information content (AvgIpc) is 3.35. The minimum Gasteiger partial charge on any atom is -0.485 e. The van der Waals surface area contributed by atoms with Gasteiger partial charge in [-0.15, -0.1) is 0 Å². The molecular weight excluding hydrogens is 438 g/mol. The lowest BCUT2D eigenvalue weighted by Crippen LogP contribution is -2.12. The van der Waals surface area contributed by atoms with Crippen molar-refractivity contribution >= 4 is 23.2 Å². The van der Waals surface area contributed by atoms with Gasteiger partial charge in [-0.05, 0) is 74.7 Å². The maximum atomic E-state index is 12.8. The summed E-state index contributed by atoms with van der Waals surface area (Å²) in [4.78, 5) is 12.8. The van der Waals surface area contributed by atoms with Crippen LogP contribution >= 0.6 is 11.6 Å². The molecule has 0 atom stereocenters. The van der Waals surface area contributed by atoms with Gasteiger partial charge in [-0.2, -0.15) is 5.10 Å². The van der Waals surface area contributed by atoms with E-state index < -0.39 is 0 Å². The number of amides is 1. The van der Waals surface area contributed by atoms with Crippen LogP contribution in [0, 0.1) is 27.7 Å². The fraction of sp³-hybridized carbons (Fsp3) is 0.231. The third-order valence-electron chi connectivity index (χ3n) is 5.44. The fourth-order valence-corrected chi connectivity index (χ4v) is 3.82. The number of ether oxygens (including phenoxy) is 1. The van der Waals surface area contributed by atoms with E-state index in [0.717, 1.165) is 33.8 Å². The molecule has 170 valence electrons. The third-order valence-corrected chi connectivity index (χ3v) is 5.68. The molecule has 0 aliphatic heterocycles. The average molecular weight is 464 g/mol. The highest BCUT2D eigenvalue weighted by Crippen LogP contribution is 2.24. The number of nitrogens with one attached hydrogen (secondary N) is 1. The van der Waals surface area contributed by atoms with Crippen molar-refractivity contribution in [3.05, 3.63) is 99.2 Å². The normalized spacial score (nSPS) is 10.9. The number of nitrogens with zero attached hydrogens (tertiary/aromatic N) is 2. The highest BCUT2D eigenvalue weighted by atomic mass is 35.5. The second kappa shape index (κ2) is 9.55. The van der Waals surface area contributed by atoms with Crippen molar-refractivity contribution in [2.75, 3.05) is 5.32 Å². The molecule has 2 aromatic heterocycles. The zero-order valence-corrected chi connectivity index (χ0v) is 19.9. The van der Waals surface area contributed by atoms with Gasteiger partial charge in [0.1, 0.15) is 18.1 Å². The number of hydrogen-bond donors (Lipinski definition) is 1. The molecule has 1 amide bonds. The number of aryl methyl sites for hydroxylation is 3. The highest BCUT2D eigenvalue weighted by Gasteiger charge is 2.18. The molecule has 7 heteroatoms. The van der Waals surface area contributed by atoms with Crippen molar-refractivity contribution in [2.24, 2.45) is 0 Å². The Morgan fingerprint density at radius 2 is 1.91 bits per heavy atom. The summed E-state index contributed by atoms with van der Waals surface area (Å²) in [5.41, 5.74) is 5.46. The molecule has 2 heterocycles. The predicted molar refractivity (Wildman–Crippen MR) is 129 cm³/mol. The number of aromatic nitrogens is 2. The van der Waals surface area contributed by atoms with Gasteiger partial charge in [-0.3, -0.25) is 9.48 Å². The monoisotopic (exact) mass is 463 g/mol. The first-order chi connectivity index (χ1) is 15.8. The lowest BCUT2D eigenvalue weighted by Gasteiger charge is -2.08. The maximum absolute atomic E-state index is 12.8. The van der Waals surface area contributed by atoms with Crippen molar-refractivity contribution in [1.82, 2.24) is 9.78 Å². The Morgan fingerprint density at radius 1 is 1.09 bits per heavy atom. The van der Waals surface area contributed by atoms with Crippen LogP contribution in [0.4, 0.5) is 5.69 Å². The number of benzene rings is 2. The van der Waals surface area contributed by atoms with Crippen LogP contribution in [0.5, 0.6) is 5.75 Å². The van der Waals surface area contributed by atoms with Crippen molar-refractivity contribution in [1.29, 1.82) is 0 Å². The zero-order valence-electron chi connectivity index (χ0n) is 19.1.